The van der Waals surface area contributed by atoms with Crippen LogP contribution in [0, 0.1) is 12.8 Å². The van der Waals surface area contributed by atoms with Crippen LogP contribution in [0.5, 0.6) is 0 Å². The third-order valence-electron chi connectivity index (χ3n) is 4.66. The van der Waals surface area contributed by atoms with Gasteiger partial charge in [0.15, 0.2) is 5.82 Å². The molecule has 2 aromatic rings. The summed E-state index contributed by atoms with van der Waals surface area (Å²) in [5.74, 6) is 1.28. The Hall–Kier alpha value is -1.95. The van der Waals surface area contributed by atoms with E-state index in [1.165, 1.54) is 5.56 Å². The van der Waals surface area contributed by atoms with E-state index in [1.54, 1.807) is 4.68 Å². The molecule has 1 aliphatic rings. The summed E-state index contributed by atoms with van der Waals surface area (Å²) in [6.07, 6.45) is 3.73. The molecule has 0 radical (unpaired) electrons. The van der Waals surface area contributed by atoms with E-state index in [4.69, 9.17) is 16.3 Å². The minimum absolute atomic E-state index is 0.136. The van der Waals surface area contributed by atoms with Gasteiger partial charge in [-0.1, -0.05) is 31.0 Å². The summed E-state index contributed by atoms with van der Waals surface area (Å²) in [6, 6.07) is 6.02. The standard InChI is InChI=1S/C17H21ClN4O2/c1-3-17(23)24-10-13-5-4-6-14(13)12-7-8-16(15(18)9-12)22-11(2)19-20-21-22/h7-9,13-14H,3-6,10H2,1-2H3. The highest BCUT2D eigenvalue weighted by Crippen LogP contribution is 2.41. The van der Waals surface area contributed by atoms with Crippen molar-refractivity contribution in [2.75, 3.05) is 6.61 Å². The van der Waals surface area contributed by atoms with Crippen LogP contribution in [0.15, 0.2) is 18.2 Å². The number of ether oxygens (including phenoxy) is 1. The Morgan fingerprint density at radius 3 is 2.92 bits per heavy atom. The lowest BCUT2D eigenvalue weighted by Gasteiger charge is -2.20. The maximum absolute atomic E-state index is 11.4. The first kappa shape index (κ1) is 16.9. The van der Waals surface area contributed by atoms with Crippen molar-refractivity contribution >= 4 is 17.6 Å². The van der Waals surface area contributed by atoms with E-state index in [9.17, 15) is 4.79 Å². The van der Waals surface area contributed by atoms with Crippen LogP contribution < -0.4 is 0 Å². The van der Waals surface area contributed by atoms with Gasteiger partial charge in [-0.15, -0.1) is 5.10 Å². The first-order valence-corrected chi connectivity index (χ1v) is 8.68. The largest absolute Gasteiger partial charge is 0.465 e. The summed E-state index contributed by atoms with van der Waals surface area (Å²) in [4.78, 5) is 11.4. The number of tetrazole rings is 1. The van der Waals surface area contributed by atoms with E-state index in [2.05, 4.69) is 21.6 Å². The minimum atomic E-state index is -0.136. The summed E-state index contributed by atoms with van der Waals surface area (Å²) in [5, 5.41) is 12.1. The van der Waals surface area contributed by atoms with E-state index in [-0.39, 0.29) is 5.97 Å². The van der Waals surface area contributed by atoms with Gasteiger partial charge >= 0.3 is 5.97 Å². The number of carbonyl (C=O) groups excluding carboxylic acids is 1. The molecule has 1 saturated carbocycles. The molecular weight excluding hydrogens is 328 g/mol. The highest BCUT2D eigenvalue weighted by molar-refractivity contribution is 6.32. The number of benzene rings is 1. The minimum Gasteiger partial charge on any atom is -0.465 e. The Balaban J connectivity index is 1.78. The number of nitrogens with zero attached hydrogens (tertiary/aromatic N) is 4. The van der Waals surface area contributed by atoms with E-state index in [0.29, 0.717) is 35.7 Å². The number of carbonyl (C=O) groups is 1. The average Bonchev–Trinajstić information content (AvgIpc) is 3.21. The molecule has 0 bridgehead atoms. The average molecular weight is 349 g/mol. The molecule has 0 spiro atoms. The molecule has 0 N–H and O–H groups in total. The summed E-state index contributed by atoms with van der Waals surface area (Å²) < 4.78 is 6.98. The molecule has 1 aromatic carbocycles. The molecule has 0 aliphatic heterocycles. The number of aromatic nitrogens is 4. The van der Waals surface area contributed by atoms with Gasteiger partial charge in [-0.25, -0.2) is 0 Å². The second-order valence-electron chi connectivity index (χ2n) is 6.18. The molecule has 2 unspecified atom stereocenters. The lowest BCUT2D eigenvalue weighted by Crippen LogP contribution is -2.16. The van der Waals surface area contributed by atoms with Gasteiger partial charge in [0.1, 0.15) is 0 Å². The zero-order valence-electron chi connectivity index (χ0n) is 13.9. The Kier molecular flexibility index (Phi) is 5.14. The maximum atomic E-state index is 11.4. The van der Waals surface area contributed by atoms with Crippen LogP contribution in [0.1, 0.15) is 49.9 Å². The molecule has 2 atom stereocenters. The third-order valence-corrected chi connectivity index (χ3v) is 4.96. The molecule has 7 heteroatoms. The van der Waals surface area contributed by atoms with Crippen LogP contribution in [0.3, 0.4) is 0 Å². The molecule has 1 fully saturated rings. The summed E-state index contributed by atoms with van der Waals surface area (Å²) in [6.45, 7) is 4.14. The first-order chi connectivity index (χ1) is 11.6. The van der Waals surface area contributed by atoms with Crippen LogP contribution in [0.4, 0.5) is 0 Å². The number of hydrogen-bond donors (Lipinski definition) is 0. The second-order valence-corrected chi connectivity index (χ2v) is 6.59. The van der Waals surface area contributed by atoms with Gasteiger partial charge in [0.2, 0.25) is 0 Å². The fourth-order valence-electron chi connectivity index (χ4n) is 3.36. The van der Waals surface area contributed by atoms with E-state index >= 15 is 0 Å². The van der Waals surface area contributed by atoms with Gasteiger partial charge in [0.25, 0.3) is 0 Å². The van der Waals surface area contributed by atoms with Crippen molar-refractivity contribution in [1.29, 1.82) is 0 Å². The quantitative estimate of drug-likeness (QED) is 0.774. The normalized spacial score (nSPS) is 20.3. The fourth-order valence-corrected chi connectivity index (χ4v) is 3.63. The van der Waals surface area contributed by atoms with Crippen LogP contribution in [-0.4, -0.2) is 32.8 Å². The molecule has 1 heterocycles. The van der Waals surface area contributed by atoms with Crippen LogP contribution in [0.25, 0.3) is 5.69 Å². The van der Waals surface area contributed by atoms with Gasteiger partial charge in [-0.05, 0) is 59.7 Å². The zero-order valence-corrected chi connectivity index (χ0v) is 14.7. The van der Waals surface area contributed by atoms with Crippen molar-refractivity contribution in [3.8, 4) is 5.69 Å². The maximum Gasteiger partial charge on any atom is 0.305 e. The Morgan fingerprint density at radius 1 is 1.42 bits per heavy atom. The number of esters is 1. The Bertz CT molecular complexity index is 731. The molecule has 3 rings (SSSR count). The molecule has 6 nitrogen and oxygen atoms in total. The molecule has 1 aromatic heterocycles. The molecule has 1 aliphatic carbocycles. The fraction of sp³-hybridized carbons (Fsp3) is 0.529. The van der Waals surface area contributed by atoms with Gasteiger partial charge in [0, 0.05) is 6.42 Å². The lowest BCUT2D eigenvalue weighted by atomic mass is 9.89. The summed E-state index contributed by atoms with van der Waals surface area (Å²) in [5.41, 5.74) is 1.96. The summed E-state index contributed by atoms with van der Waals surface area (Å²) >= 11 is 6.47. The Morgan fingerprint density at radius 2 is 2.25 bits per heavy atom. The van der Waals surface area contributed by atoms with Crippen molar-refractivity contribution < 1.29 is 9.53 Å². The number of hydrogen-bond acceptors (Lipinski definition) is 5. The topological polar surface area (TPSA) is 69.9 Å². The molecule has 128 valence electrons. The molecule has 0 saturated heterocycles. The molecular formula is C17H21ClN4O2. The second kappa shape index (κ2) is 7.30. The van der Waals surface area contributed by atoms with Gasteiger partial charge in [-0.3, -0.25) is 4.79 Å². The molecule has 0 amide bonds. The van der Waals surface area contributed by atoms with Gasteiger partial charge < -0.3 is 4.74 Å². The van der Waals surface area contributed by atoms with Crippen LogP contribution >= 0.6 is 11.6 Å². The highest BCUT2D eigenvalue weighted by atomic mass is 35.5. The van der Waals surface area contributed by atoms with E-state index in [1.807, 2.05) is 26.0 Å². The third kappa shape index (κ3) is 3.43. The highest BCUT2D eigenvalue weighted by Gasteiger charge is 2.30. The Labute approximate surface area is 146 Å². The molecule has 24 heavy (non-hydrogen) atoms. The van der Waals surface area contributed by atoms with E-state index < -0.39 is 0 Å². The van der Waals surface area contributed by atoms with Crippen molar-refractivity contribution in [2.45, 2.75) is 45.4 Å². The predicted molar refractivity (Wildman–Crippen MR) is 90.2 cm³/mol. The van der Waals surface area contributed by atoms with Crippen molar-refractivity contribution in [2.24, 2.45) is 5.92 Å². The number of halogens is 1. The first-order valence-electron chi connectivity index (χ1n) is 8.30. The van der Waals surface area contributed by atoms with Gasteiger partial charge in [-0.2, -0.15) is 4.68 Å². The van der Waals surface area contributed by atoms with Crippen LogP contribution in [0.2, 0.25) is 5.02 Å². The predicted octanol–water partition coefficient (Wildman–Crippen LogP) is 3.46. The zero-order chi connectivity index (χ0) is 17.1. The smallest absolute Gasteiger partial charge is 0.305 e. The van der Waals surface area contributed by atoms with Crippen molar-refractivity contribution in [3.63, 3.8) is 0 Å². The SMILES string of the molecule is CCC(=O)OCC1CCCC1c1ccc(-n2nnnc2C)c(Cl)c1. The van der Waals surface area contributed by atoms with Crippen molar-refractivity contribution in [3.05, 3.63) is 34.6 Å². The van der Waals surface area contributed by atoms with Crippen LogP contribution in [-0.2, 0) is 9.53 Å². The number of aryl methyl sites for hydroxylation is 1. The monoisotopic (exact) mass is 348 g/mol. The van der Waals surface area contributed by atoms with E-state index in [0.717, 1.165) is 24.9 Å². The lowest BCUT2D eigenvalue weighted by molar-refractivity contribution is -0.144. The number of rotatable bonds is 5. The van der Waals surface area contributed by atoms with Gasteiger partial charge in [0.05, 0.1) is 17.3 Å². The summed E-state index contributed by atoms with van der Waals surface area (Å²) in [7, 11) is 0. The van der Waals surface area contributed by atoms with Crippen molar-refractivity contribution in [1.82, 2.24) is 20.2 Å².